The van der Waals surface area contributed by atoms with Gasteiger partial charge in [0.05, 0.1) is 0 Å². The lowest BCUT2D eigenvalue weighted by atomic mass is 9.83. The molecule has 4 aromatic rings. The number of hydrogen-bond donors (Lipinski definition) is 0. The van der Waals surface area contributed by atoms with Gasteiger partial charge >= 0.3 is 0 Å². The summed E-state index contributed by atoms with van der Waals surface area (Å²) >= 11 is 0. The summed E-state index contributed by atoms with van der Waals surface area (Å²) in [5.74, 6) is 0. The summed E-state index contributed by atoms with van der Waals surface area (Å²) in [5.41, 5.74) is 8.28. The molecule has 0 bridgehead atoms. The van der Waals surface area contributed by atoms with Crippen molar-refractivity contribution in [1.29, 1.82) is 0 Å². The molecule has 30 heavy (non-hydrogen) atoms. The molecule has 0 aliphatic heterocycles. The lowest BCUT2D eigenvalue weighted by Crippen LogP contribution is -1.98. The first kappa shape index (κ1) is 19.4. The zero-order valence-corrected chi connectivity index (χ0v) is 16.9. The second-order valence-electron chi connectivity index (χ2n) is 7.03. The van der Waals surface area contributed by atoms with E-state index in [9.17, 15) is 0 Å². The van der Waals surface area contributed by atoms with Crippen LogP contribution in [0.3, 0.4) is 0 Å². The molecule has 0 nitrogen and oxygen atoms in total. The number of allylic oxidation sites excluding steroid dienone is 4. The van der Waals surface area contributed by atoms with Crippen molar-refractivity contribution in [3.63, 3.8) is 0 Å². The van der Waals surface area contributed by atoms with Crippen molar-refractivity contribution in [3.8, 4) is 0 Å². The van der Waals surface area contributed by atoms with Crippen LogP contribution in [0.2, 0.25) is 0 Å². The predicted molar refractivity (Wildman–Crippen MR) is 130 cm³/mol. The predicted octanol–water partition coefficient (Wildman–Crippen LogP) is 7.92. The Morgan fingerprint density at radius 2 is 0.833 bits per heavy atom. The van der Waals surface area contributed by atoms with E-state index in [4.69, 9.17) is 0 Å². The lowest BCUT2D eigenvalue weighted by molar-refractivity contribution is 1.52. The Labute approximate surface area is 179 Å². The van der Waals surface area contributed by atoms with Crippen LogP contribution in [0.4, 0.5) is 0 Å². The van der Waals surface area contributed by atoms with E-state index in [1.54, 1.807) is 0 Å². The van der Waals surface area contributed by atoms with Gasteiger partial charge in [-0.1, -0.05) is 140 Å². The van der Waals surface area contributed by atoms with E-state index in [1.165, 1.54) is 33.4 Å². The van der Waals surface area contributed by atoms with Gasteiger partial charge in [0.15, 0.2) is 0 Å². The molecule has 0 aliphatic rings. The van der Waals surface area contributed by atoms with Crippen molar-refractivity contribution in [2.75, 3.05) is 0 Å². The molecule has 0 atom stereocenters. The summed E-state index contributed by atoms with van der Waals surface area (Å²) in [4.78, 5) is 0. The minimum Gasteiger partial charge on any atom is -0.0990 e. The molecule has 0 spiro atoms. The van der Waals surface area contributed by atoms with Gasteiger partial charge in [0, 0.05) is 0 Å². The van der Waals surface area contributed by atoms with Crippen LogP contribution in [0.1, 0.15) is 22.3 Å². The largest absolute Gasteiger partial charge is 0.0990 e. The van der Waals surface area contributed by atoms with E-state index in [0.717, 1.165) is 5.57 Å². The third-order valence-electron chi connectivity index (χ3n) is 5.08. The fourth-order valence-corrected chi connectivity index (χ4v) is 3.76. The first-order chi connectivity index (χ1) is 14.9. The Balaban J connectivity index is 2.12. The normalized spacial score (nSPS) is 11.0. The zero-order valence-electron chi connectivity index (χ0n) is 16.9. The Morgan fingerprint density at radius 3 is 1.23 bits per heavy atom. The molecule has 0 amide bonds. The maximum Gasteiger partial charge on any atom is -0.00208 e. The zero-order chi connectivity index (χ0) is 20.6. The maximum absolute atomic E-state index is 4.01. The van der Waals surface area contributed by atoms with Gasteiger partial charge in [0.25, 0.3) is 0 Å². The van der Waals surface area contributed by atoms with Gasteiger partial charge in [0.1, 0.15) is 0 Å². The third-order valence-corrected chi connectivity index (χ3v) is 5.08. The SMILES string of the molecule is C=CC=C(C(=C(c1ccccc1)c1ccccc1)c1ccccc1)c1ccccc1. The van der Waals surface area contributed by atoms with Gasteiger partial charge in [-0.2, -0.15) is 0 Å². The van der Waals surface area contributed by atoms with Crippen LogP contribution in [0.15, 0.2) is 140 Å². The topological polar surface area (TPSA) is 0 Å². The minimum absolute atomic E-state index is 1.15. The van der Waals surface area contributed by atoms with Gasteiger partial charge in [-0.15, -0.1) is 0 Å². The molecule has 0 saturated heterocycles. The summed E-state index contributed by atoms with van der Waals surface area (Å²) in [6, 6.07) is 42.4. The number of benzene rings is 4. The molecule has 0 heterocycles. The van der Waals surface area contributed by atoms with E-state index < -0.39 is 0 Å². The van der Waals surface area contributed by atoms with Gasteiger partial charge < -0.3 is 0 Å². The Bertz CT molecular complexity index is 1110. The molecule has 4 aromatic carbocycles. The van der Waals surface area contributed by atoms with Crippen LogP contribution in [0.25, 0.3) is 16.7 Å². The Morgan fingerprint density at radius 1 is 0.467 bits per heavy atom. The van der Waals surface area contributed by atoms with E-state index in [2.05, 4.69) is 134 Å². The molecule has 0 heteroatoms. The first-order valence-corrected chi connectivity index (χ1v) is 10.2. The van der Waals surface area contributed by atoms with Crippen molar-refractivity contribution < 1.29 is 0 Å². The average molecular weight is 385 g/mol. The molecule has 0 aliphatic carbocycles. The van der Waals surface area contributed by atoms with E-state index in [-0.39, 0.29) is 0 Å². The van der Waals surface area contributed by atoms with Crippen LogP contribution in [-0.4, -0.2) is 0 Å². The minimum atomic E-state index is 1.15. The second-order valence-corrected chi connectivity index (χ2v) is 7.03. The van der Waals surface area contributed by atoms with Gasteiger partial charge in [-0.25, -0.2) is 0 Å². The molecule has 4 rings (SSSR count). The van der Waals surface area contributed by atoms with Gasteiger partial charge in [-0.3, -0.25) is 0 Å². The molecule has 0 aromatic heterocycles. The van der Waals surface area contributed by atoms with Crippen LogP contribution in [0.5, 0.6) is 0 Å². The molecule has 0 fully saturated rings. The van der Waals surface area contributed by atoms with Gasteiger partial charge in [-0.05, 0) is 39.0 Å². The van der Waals surface area contributed by atoms with Crippen molar-refractivity contribution >= 4 is 16.7 Å². The summed E-state index contributed by atoms with van der Waals surface area (Å²) in [5, 5.41) is 0. The molecule has 144 valence electrons. The van der Waals surface area contributed by atoms with Gasteiger partial charge in [0.2, 0.25) is 0 Å². The number of rotatable bonds is 6. The van der Waals surface area contributed by atoms with Crippen molar-refractivity contribution in [1.82, 2.24) is 0 Å². The van der Waals surface area contributed by atoms with Crippen molar-refractivity contribution in [2.24, 2.45) is 0 Å². The Kier molecular flexibility index (Phi) is 6.17. The van der Waals surface area contributed by atoms with Crippen LogP contribution >= 0.6 is 0 Å². The molecule has 0 N–H and O–H groups in total. The van der Waals surface area contributed by atoms with Crippen LogP contribution in [-0.2, 0) is 0 Å². The summed E-state index contributed by atoms with van der Waals surface area (Å²) in [6.45, 7) is 4.01. The quantitative estimate of drug-likeness (QED) is 0.234. The van der Waals surface area contributed by atoms with Crippen LogP contribution < -0.4 is 0 Å². The smallest absolute Gasteiger partial charge is 0.00208 e. The Hall–Kier alpha value is -3.90. The second kappa shape index (κ2) is 9.54. The molecular weight excluding hydrogens is 360 g/mol. The molecule has 0 unspecified atom stereocenters. The summed E-state index contributed by atoms with van der Waals surface area (Å²) in [7, 11) is 0. The molecule has 0 radical (unpaired) electrons. The van der Waals surface area contributed by atoms with E-state index in [0.29, 0.717) is 0 Å². The number of hydrogen-bond acceptors (Lipinski definition) is 0. The third kappa shape index (κ3) is 4.24. The van der Waals surface area contributed by atoms with Crippen molar-refractivity contribution in [2.45, 2.75) is 0 Å². The van der Waals surface area contributed by atoms with Crippen LogP contribution in [0, 0.1) is 0 Å². The van der Waals surface area contributed by atoms with Crippen molar-refractivity contribution in [3.05, 3.63) is 162 Å². The fraction of sp³-hybridized carbons (Fsp3) is 0. The first-order valence-electron chi connectivity index (χ1n) is 10.2. The standard InChI is InChI=1S/C30H24/c1-2-15-28(24-16-7-3-8-17-24)30(27-22-13-6-14-23-27)29(25-18-9-4-10-19-25)26-20-11-5-12-21-26/h2-23H,1H2. The summed E-state index contributed by atoms with van der Waals surface area (Å²) < 4.78 is 0. The highest BCUT2D eigenvalue weighted by atomic mass is 14.2. The monoisotopic (exact) mass is 384 g/mol. The average Bonchev–Trinajstić information content (AvgIpc) is 2.83. The molecule has 0 saturated carbocycles. The van der Waals surface area contributed by atoms with E-state index in [1.807, 2.05) is 6.08 Å². The summed E-state index contributed by atoms with van der Waals surface area (Å²) in [6.07, 6.45) is 3.99. The maximum atomic E-state index is 4.01. The lowest BCUT2D eigenvalue weighted by Gasteiger charge is -2.20. The fourth-order valence-electron chi connectivity index (χ4n) is 3.76. The van der Waals surface area contributed by atoms with E-state index >= 15 is 0 Å². The highest BCUT2D eigenvalue weighted by Crippen LogP contribution is 2.40. The highest BCUT2D eigenvalue weighted by molar-refractivity contribution is 6.18. The highest BCUT2D eigenvalue weighted by Gasteiger charge is 2.18. The molecular formula is C30H24.